The Kier molecular flexibility index (Phi) is 9.17. The molecule has 0 fully saturated rings. The van der Waals surface area contributed by atoms with Crippen molar-refractivity contribution in [2.24, 2.45) is 11.8 Å². The standard InChI is InChI=1S/C26H31ClF3NO3/c1-14(2)17-6-8-18(9-7-17)24(16(5)26(28,29)30)25(34)31-22-12-19(10-11-21(22)27)20(15(3)4)13-23(32)33/h6-12,14-16,20,24H,13H2,1-5H3,(H,31,34)(H,32,33). The predicted molar refractivity (Wildman–Crippen MR) is 128 cm³/mol. The van der Waals surface area contributed by atoms with Crippen molar-refractivity contribution >= 4 is 29.2 Å². The Morgan fingerprint density at radius 3 is 1.94 bits per heavy atom. The largest absolute Gasteiger partial charge is 0.481 e. The number of halogens is 4. The third-order valence-electron chi connectivity index (χ3n) is 6.14. The number of hydrogen-bond donors (Lipinski definition) is 2. The summed E-state index contributed by atoms with van der Waals surface area (Å²) in [5, 5.41) is 12.0. The Bertz CT molecular complexity index is 1000. The van der Waals surface area contributed by atoms with Gasteiger partial charge in [0.2, 0.25) is 5.91 Å². The van der Waals surface area contributed by atoms with Crippen molar-refractivity contribution in [1.29, 1.82) is 0 Å². The van der Waals surface area contributed by atoms with E-state index in [0.29, 0.717) is 5.56 Å². The number of carbonyl (C=O) groups excluding carboxylic acids is 1. The molecule has 0 radical (unpaired) electrons. The molecular weight excluding hydrogens is 467 g/mol. The van der Waals surface area contributed by atoms with Crippen LogP contribution in [0.25, 0.3) is 0 Å². The first kappa shape index (κ1) is 27.7. The fourth-order valence-corrected chi connectivity index (χ4v) is 4.12. The molecule has 4 nitrogen and oxygen atoms in total. The SMILES string of the molecule is CC(C)c1ccc(C(C(=O)Nc2cc(C(CC(=O)O)C(C)C)ccc2Cl)C(C)C(F)(F)F)cc1. The molecule has 3 atom stereocenters. The van der Waals surface area contributed by atoms with Crippen LogP contribution in [-0.2, 0) is 9.59 Å². The lowest BCUT2D eigenvalue weighted by molar-refractivity contribution is -0.178. The van der Waals surface area contributed by atoms with Crippen molar-refractivity contribution in [2.75, 3.05) is 5.32 Å². The van der Waals surface area contributed by atoms with Crippen LogP contribution in [-0.4, -0.2) is 23.2 Å². The predicted octanol–water partition coefficient (Wildman–Crippen LogP) is 7.60. The molecule has 0 aromatic heterocycles. The van der Waals surface area contributed by atoms with Gasteiger partial charge >= 0.3 is 12.1 Å². The minimum absolute atomic E-state index is 0.0155. The van der Waals surface area contributed by atoms with Gasteiger partial charge in [-0.25, -0.2) is 0 Å². The molecular formula is C26H31ClF3NO3. The monoisotopic (exact) mass is 497 g/mol. The highest BCUT2D eigenvalue weighted by Crippen LogP contribution is 2.39. The van der Waals surface area contributed by atoms with E-state index in [0.717, 1.165) is 12.5 Å². The molecule has 0 saturated carbocycles. The fraction of sp³-hybridized carbons (Fsp3) is 0.462. The summed E-state index contributed by atoms with van der Waals surface area (Å²) in [6.45, 7) is 8.69. The maximum absolute atomic E-state index is 13.7. The highest BCUT2D eigenvalue weighted by Gasteiger charge is 2.45. The van der Waals surface area contributed by atoms with Crippen LogP contribution in [0.1, 0.15) is 75.5 Å². The molecule has 0 saturated heterocycles. The van der Waals surface area contributed by atoms with Gasteiger partial charge in [-0.15, -0.1) is 0 Å². The zero-order chi connectivity index (χ0) is 25.8. The molecule has 3 unspecified atom stereocenters. The Balaban J connectivity index is 2.44. The first-order chi connectivity index (χ1) is 15.7. The summed E-state index contributed by atoms with van der Waals surface area (Å²) < 4.78 is 41.1. The third-order valence-corrected chi connectivity index (χ3v) is 6.47. The van der Waals surface area contributed by atoms with E-state index >= 15 is 0 Å². The van der Waals surface area contributed by atoms with Gasteiger partial charge in [-0.3, -0.25) is 9.59 Å². The lowest BCUT2D eigenvalue weighted by Crippen LogP contribution is -2.34. The van der Waals surface area contributed by atoms with Crippen LogP contribution in [0, 0.1) is 11.8 Å². The summed E-state index contributed by atoms with van der Waals surface area (Å²) in [5.74, 6) is -5.39. The normalized spacial score (nSPS) is 14.7. The second-order valence-electron chi connectivity index (χ2n) is 9.31. The lowest BCUT2D eigenvalue weighted by atomic mass is 9.84. The molecule has 0 aliphatic carbocycles. The highest BCUT2D eigenvalue weighted by molar-refractivity contribution is 6.33. The Hall–Kier alpha value is -2.54. The lowest BCUT2D eigenvalue weighted by Gasteiger charge is -2.27. The van der Waals surface area contributed by atoms with Crippen LogP contribution in [0.15, 0.2) is 42.5 Å². The van der Waals surface area contributed by atoms with Crippen LogP contribution in [0.4, 0.5) is 18.9 Å². The van der Waals surface area contributed by atoms with Crippen LogP contribution in [0.3, 0.4) is 0 Å². The van der Waals surface area contributed by atoms with Crippen molar-refractivity contribution < 1.29 is 27.9 Å². The topological polar surface area (TPSA) is 66.4 Å². The van der Waals surface area contributed by atoms with Gasteiger partial charge in [0.05, 0.1) is 29.0 Å². The van der Waals surface area contributed by atoms with Gasteiger partial charge < -0.3 is 10.4 Å². The number of carbonyl (C=O) groups is 2. The fourth-order valence-electron chi connectivity index (χ4n) is 3.95. The van der Waals surface area contributed by atoms with Gasteiger partial charge in [0.1, 0.15) is 0 Å². The Morgan fingerprint density at radius 2 is 1.47 bits per heavy atom. The average molecular weight is 498 g/mol. The van der Waals surface area contributed by atoms with E-state index in [4.69, 9.17) is 11.6 Å². The van der Waals surface area contributed by atoms with E-state index < -0.39 is 29.9 Å². The van der Waals surface area contributed by atoms with Crippen LogP contribution < -0.4 is 5.32 Å². The summed E-state index contributed by atoms with van der Waals surface area (Å²) in [4.78, 5) is 24.5. The molecule has 34 heavy (non-hydrogen) atoms. The highest BCUT2D eigenvalue weighted by atomic mass is 35.5. The molecule has 0 spiro atoms. The average Bonchev–Trinajstić information content (AvgIpc) is 2.73. The third kappa shape index (κ3) is 6.98. The van der Waals surface area contributed by atoms with Crippen LogP contribution in [0.5, 0.6) is 0 Å². The second kappa shape index (κ2) is 11.3. The molecule has 2 rings (SSSR count). The van der Waals surface area contributed by atoms with E-state index in [1.165, 1.54) is 6.07 Å². The molecule has 1 amide bonds. The van der Waals surface area contributed by atoms with Gasteiger partial charge in [-0.05, 0) is 46.6 Å². The van der Waals surface area contributed by atoms with Crippen LogP contribution in [0.2, 0.25) is 5.02 Å². The number of nitrogens with one attached hydrogen (secondary N) is 1. The molecule has 8 heteroatoms. The van der Waals surface area contributed by atoms with Crippen LogP contribution >= 0.6 is 11.6 Å². The molecule has 2 aromatic carbocycles. The number of carboxylic acids is 1. The molecule has 0 aliphatic rings. The number of rotatable bonds is 9. The number of anilines is 1. The number of carboxylic acid groups (broad SMARTS) is 1. The van der Waals surface area contributed by atoms with Crippen molar-refractivity contribution in [3.8, 4) is 0 Å². The zero-order valence-electron chi connectivity index (χ0n) is 19.9. The first-order valence-corrected chi connectivity index (χ1v) is 11.6. The molecule has 2 N–H and O–H groups in total. The molecule has 2 aromatic rings. The smallest absolute Gasteiger partial charge is 0.392 e. The van der Waals surface area contributed by atoms with Gasteiger partial charge in [0, 0.05) is 0 Å². The molecule has 0 heterocycles. The summed E-state index contributed by atoms with van der Waals surface area (Å²) in [6.07, 6.45) is -4.71. The summed E-state index contributed by atoms with van der Waals surface area (Å²) in [5.41, 5.74) is 2.00. The van der Waals surface area contributed by atoms with Gasteiger partial charge in [-0.1, -0.05) is 76.6 Å². The van der Waals surface area contributed by atoms with Crippen molar-refractivity contribution in [2.45, 2.75) is 65.0 Å². The number of hydrogen-bond acceptors (Lipinski definition) is 2. The maximum Gasteiger partial charge on any atom is 0.392 e. The number of amides is 1. The molecule has 0 bridgehead atoms. The van der Waals surface area contributed by atoms with Crippen molar-refractivity contribution in [3.63, 3.8) is 0 Å². The molecule has 186 valence electrons. The second-order valence-corrected chi connectivity index (χ2v) is 9.71. The zero-order valence-corrected chi connectivity index (χ0v) is 20.7. The van der Waals surface area contributed by atoms with E-state index in [-0.39, 0.29) is 40.4 Å². The number of benzene rings is 2. The summed E-state index contributed by atoms with van der Waals surface area (Å²) in [7, 11) is 0. The van der Waals surface area contributed by atoms with E-state index in [9.17, 15) is 27.9 Å². The maximum atomic E-state index is 13.7. The van der Waals surface area contributed by atoms with Gasteiger partial charge in [0.15, 0.2) is 0 Å². The minimum Gasteiger partial charge on any atom is -0.481 e. The van der Waals surface area contributed by atoms with E-state index in [1.807, 2.05) is 27.7 Å². The van der Waals surface area contributed by atoms with Crippen molar-refractivity contribution in [1.82, 2.24) is 0 Å². The quantitative estimate of drug-likeness (QED) is 0.375. The van der Waals surface area contributed by atoms with Gasteiger partial charge in [0.25, 0.3) is 0 Å². The van der Waals surface area contributed by atoms with Crippen molar-refractivity contribution in [3.05, 3.63) is 64.2 Å². The van der Waals surface area contributed by atoms with E-state index in [2.05, 4.69) is 5.32 Å². The summed E-state index contributed by atoms with van der Waals surface area (Å²) >= 11 is 6.25. The first-order valence-electron chi connectivity index (χ1n) is 11.2. The minimum atomic E-state index is -4.59. The number of aliphatic carboxylic acids is 1. The Labute approximate surface area is 203 Å². The van der Waals surface area contributed by atoms with Gasteiger partial charge in [-0.2, -0.15) is 13.2 Å². The molecule has 0 aliphatic heterocycles. The Morgan fingerprint density at radius 1 is 0.941 bits per heavy atom. The number of alkyl halides is 3. The van der Waals surface area contributed by atoms with E-state index in [1.54, 1.807) is 36.4 Å². The summed E-state index contributed by atoms with van der Waals surface area (Å²) in [6, 6.07) is 11.3.